The fraction of sp³-hybridized carbons (Fsp3) is 0.684. The number of nitrogens with one attached hydrogen (secondary N) is 1. The first kappa shape index (κ1) is 23.5. The van der Waals surface area contributed by atoms with E-state index in [-0.39, 0.29) is 29.6 Å². The molecule has 1 amide bonds. The van der Waals surface area contributed by atoms with E-state index in [2.05, 4.69) is 10.2 Å². The number of hydrogen-bond acceptors (Lipinski definition) is 6. The number of pyridine rings is 1. The molecule has 9 nitrogen and oxygen atoms in total. The van der Waals surface area contributed by atoms with Crippen LogP contribution in [0.1, 0.15) is 27.7 Å². The number of carbonyl (C=O) groups excluding carboxylic acids is 1. The Hall–Kier alpha value is -1.75. The zero-order valence-corrected chi connectivity index (χ0v) is 18.4. The van der Waals surface area contributed by atoms with Gasteiger partial charge in [-0.25, -0.2) is 8.42 Å². The average molecular weight is 429 g/mol. The van der Waals surface area contributed by atoms with Crippen molar-refractivity contribution in [1.29, 1.82) is 0 Å². The summed E-state index contributed by atoms with van der Waals surface area (Å²) in [5.74, 6) is -0.334. The molecule has 2 atom stereocenters. The lowest BCUT2D eigenvalue weighted by molar-refractivity contribution is -0.121. The second-order valence-electron chi connectivity index (χ2n) is 7.29. The van der Waals surface area contributed by atoms with Crippen LogP contribution in [0.25, 0.3) is 0 Å². The average Bonchev–Trinajstić information content (AvgIpc) is 2.63. The van der Waals surface area contributed by atoms with Crippen molar-refractivity contribution in [3.8, 4) is 0 Å². The van der Waals surface area contributed by atoms with Gasteiger partial charge < -0.3 is 14.6 Å². The quantitative estimate of drug-likeness (QED) is 0.599. The fourth-order valence-electron chi connectivity index (χ4n) is 3.53. The second-order valence-corrected chi connectivity index (χ2v) is 9.23. The highest BCUT2D eigenvalue weighted by Crippen LogP contribution is 2.13. The number of hydrogen-bond donors (Lipinski definition) is 1. The lowest BCUT2D eigenvalue weighted by Gasteiger charge is -2.35. The number of morpholine rings is 1. The Bertz CT molecular complexity index is 840. The minimum Gasteiger partial charge on any atom is -0.373 e. The molecule has 1 N–H and O–H groups in total. The third-order valence-corrected chi connectivity index (χ3v) is 6.89. The zero-order chi connectivity index (χ0) is 21.6. The minimum atomic E-state index is -3.69. The summed E-state index contributed by atoms with van der Waals surface area (Å²) >= 11 is 0. The Labute approximate surface area is 172 Å². The third-order valence-electron chi connectivity index (χ3n) is 4.86. The molecule has 1 aromatic heterocycles. The van der Waals surface area contributed by atoms with Crippen LogP contribution in [0.2, 0.25) is 0 Å². The van der Waals surface area contributed by atoms with Crippen molar-refractivity contribution in [1.82, 2.24) is 19.1 Å². The smallest absolute Gasteiger partial charge is 0.251 e. The van der Waals surface area contributed by atoms with Crippen LogP contribution in [0.3, 0.4) is 0 Å². The highest BCUT2D eigenvalue weighted by atomic mass is 32.2. The zero-order valence-electron chi connectivity index (χ0n) is 17.6. The fourth-order valence-corrected chi connectivity index (χ4v) is 5.01. The summed E-state index contributed by atoms with van der Waals surface area (Å²) in [6.45, 7) is 10.7. The molecule has 29 heavy (non-hydrogen) atoms. The van der Waals surface area contributed by atoms with Gasteiger partial charge in [0.2, 0.25) is 15.9 Å². The molecule has 164 valence electrons. The van der Waals surface area contributed by atoms with Crippen LogP contribution in [-0.4, -0.2) is 79.6 Å². The monoisotopic (exact) mass is 428 g/mol. The minimum absolute atomic E-state index is 0.00453. The number of aromatic nitrogens is 1. The topological polar surface area (TPSA) is 101 Å². The summed E-state index contributed by atoms with van der Waals surface area (Å²) in [5.41, 5.74) is -0.422. The van der Waals surface area contributed by atoms with Crippen LogP contribution in [0.5, 0.6) is 0 Å². The maximum Gasteiger partial charge on any atom is 0.251 e. The maximum atomic E-state index is 12.6. The standard InChI is InChI=1S/C19H32N4O5S/c1-5-23(6-2)29(26,27)17-7-8-19(25)22(13-17)14-18(24)20-9-10-21-11-15(3)28-16(4)12-21/h7-8,13,15-16H,5-6,9-12,14H2,1-4H3,(H,20,24)/t15-,16+. The third kappa shape index (κ3) is 6.36. The van der Waals surface area contributed by atoms with Crippen molar-refractivity contribution in [2.24, 2.45) is 0 Å². The van der Waals surface area contributed by atoms with Crippen molar-refractivity contribution in [3.63, 3.8) is 0 Å². The number of carbonyl (C=O) groups is 1. The molecule has 0 unspecified atom stereocenters. The highest BCUT2D eigenvalue weighted by Gasteiger charge is 2.23. The molecule has 0 radical (unpaired) electrons. The van der Waals surface area contributed by atoms with Crippen LogP contribution in [-0.2, 0) is 26.1 Å². The van der Waals surface area contributed by atoms with Gasteiger partial charge in [0.1, 0.15) is 6.54 Å². The lowest BCUT2D eigenvalue weighted by atomic mass is 10.2. The highest BCUT2D eigenvalue weighted by molar-refractivity contribution is 7.89. The maximum absolute atomic E-state index is 12.6. The van der Waals surface area contributed by atoms with Gasteiger partial charge in [-0.1, -0.05) is 13.8 Å². The summed E-state index contributed by atoms with van der Waals surface area (Å²) in [5, 5.41) is 2.80. The molecule has 0 aliphatic carbocycles. The van der Waals surface area contributed by atoms with Gasteiger partial charge >= 0.3 is 0 Å². The van der Waals surface area contributed by atoms with Crippen molar-refractivity contribution in [2.75, 3.05) is 39.3 Å². The van der Waals surface area contributed by atoms with Gasteiger partial charge in [0.25, 0.3) is 5.56 Å². The molecule has 1 aliphatic heterocycles. The molecule has 2 heterocycles. The van der Waals surface area contributed by atoms with Crippen molar-refractivity contribution >= 4 is 15.9 Å². The molecule has 10 heteroatoms. The van der Waals surface area contributed by atoms with Crippen molar-refractivity contribution in [2.45, 2.75) is 51.3 Å². The van der Waals surface area contributed by atoms with E-state index < -0.39 is 15.6 Å². The van der Waals surface area contributed by atoms with Crippen LogP contribution in [0.15, 0.2) is 28.0 Å². The largest absolute Gasteiger partial charge is 0.373 e. The summed E-state index contributed by atoms with van der Waals surface area (Å²) in [7, 11) is -3.69. The predicted molar refractivity (Wildman–Crippen MR) is 110 cm³/mol. The summed E-state index contributed by atoms with van der Waals surface area (Å²) in [6.07, 6.45) is 1.55. The molecule has 0 bridgehead atoms. The van der Waals surface area contributed by atoms with E-state index >= 15 is 0 Å². The van der Waals surface area contributed by atoms with Crippen LogP contribution < -0.4 is 10.9 Å². The van der Waals surface area contributed by atoms with Crippen molar-refractivity contribution < 1.29 is 17.9 Å². The van der Waals surface area contributed by atoms with Crippen LogP contribution in [0, 0.1) is 0 Å². The van der Waals surface area contributed by atoms with Gasteiger partial charge in [0.15, 0.2) is 0 Å². The van der Waals surface area contributed by atoms with E-state index in [0.29, 0.717) is 26.2 Å². The van der Waals surface area contributed by atoms with Gasteiger partial charge in [0, 0.05) is 51.5 Å². The molecule has 1 aliphatic rings. The molecule has 1 aromatic rings. The molecular formula is C19H32N4O5S. The van der Waals surface area contributed by atoms with Gasteiger partial charge in [-0.05, 0) is 19.9 Å². The SMILES string of the molecule is CCN(CC)S(=O)(=O)c1ccc(=O)n(CC(=O)NCCN2C[C@@H](C)O[C@@H](C)C2)c1. The van der Waals surface area contributed by atoms with E-state index in [1.54, 1.807) is 13.8 Å². The Morgan fingerprint density at radius 1 is 1.21 bits per heavy atom. The predicted octanol–water partition coefficient (Wildman–Crippen LogP) is 0.104. The first-order valence-corrected chi connectivity index (χ1v) is 11.5. The number of rotatable bonds is 9. The van der Waals surface area contributed by atoms with Crippen LogP contribution in [0.4, 0.5) is 0 Å². The van der Waals surface area contributed by atoms with E-state index in [1.165, 1.54) is 22.6 Å². The molecule has 1 fully saturated rings. The number of amides is 1. The lowest BCUT2D eigenvalue weighted by Crippen LogP contribution is -2.48. The van der Waals surface area contributed by atoms with E-state index in [0.717, 1.165) is 17.7 Å². The van der Waals surface area contributed by atoms with Gasteiger partial charge in [-0.3, -0.25) is 14.5 Å². The summed E-state index contributed by atoms with van der Waals surface area (Å²) in [6, 6.07) is 2.46. The second kappa shape index (κ2) is 10.3. The first-order chi connectivity index (χ1) is 13.7. The molecule has 0 saturated carbocycles. The van der Waals surface area contributed by atoms with Crippen LogP contribution >= 0.6 is 0 Å². The Morgan fingerprint density at radius 2 is 1.83 bits per heavy atom. The normalized spacial score (nSPS) is 20.7. The molecule has 0 aromatic carbocycles. The molecule has 0 spiro atoms. The molecule has 2 rings (SSSR count). The number of sulfonamides is 1. The van der Waals surface area contributed by atoms with Crippen molar-refractivity contribution in [3.05, 3.63) is 28.7 Å². The summed E-state index contributed by atoms with van der Waals surface area (Å²) in [4.78, 5) is 26.6. The Morgan fingerprint density at radius 3 is 2.41 bits per heavy atom. The number of nitrogens with zero attached hydrogens (tertiary/aromatic N) is 3. The van der Waals surface area contributed by atoms with Gasteiger partial charge in [-0.15, -0.1) is 0 Å². The van der Waals surface area contributed by atoms with E-state index in [4.69, 9.17) is 4.74 Å². The number of ether oxygens (including phenoxy) is 1. The Balaban J connectivity index is 1.97. The molecular weight excluding hydrogens is 396 g/mol. The van der Waals surface area contributed by atoms with Gasteiger partial charge in [-0.2, -0.15) is 4.31 Å². The summed E-state index contributed by atoms with van der Waals surface area (Å²) < 4.78 is 33.4. The Kier molecular flexibility index (Phi) is 8.38. The first-order valence-electron chi connectivity index (χ1n) is 10.0. The van der Waals surface area contributed by atoms with Gasteiger partial charge in [0.05, 0.1) is 17.1 Å². The van der Waals surface area contributed by atoms with E-state index in [9.17, 15) is 18.0 Å². The molecule has 1 saturated heterocycles. The van der Waals surface area contributed by atoms with E-state index in [1.807, 2.05) is 13.8 Å².